The van der Waals surface area contributed by atoms with Gasteiger partial charge in [-0.2, -0.15) is 0 Å². The van der Waals surface area contributed by atoms with Crippen LogP contribution in [0.25, 0.3) is 0 Å². The fourth-order valence-electron chi connectivity index (χ4n) is 1.90. The molecule has 7 heteroatoms. The summed E-state index contributed by atoms with van der Waals surface area (Å²) < 4.78 is 23.8. The minimum atomic E-state index is -0.909. The molecule has 0 fully saturated rings. The van der Waals surface area contributed by atoms with Gasteiger partial charge in [-0.1, -0.05) is 17.7 Å². The molecule has 24 heavy (non-hydrogen) atoms. The summed E-state index contributed by atoms with van der Waals surface area (Å²) in [5.74, 6) is -1.38. The molecule has 0 aliphatic heterocycles. The third-order valence-electron chi connectivity index (χ3n) is 3.13. The van der Waals surface area contributed by atoms with E-state index in [1.165, 1.54) is 32.2 Å². The fourth-order valence-corrected chi connectivity index (χ4v) is 2.06. The molecule has 0 aromatic heterocycles. The molecular weight excluding hydrogens is 337 g/mol. The average Bonchev–Trinajstić information content (AvgIpc) is 2.56. The zero-order chi connectivity index (χ0) is 17.7. The van der Waals surface area contributed by atoms with Gasteiger partial charge in [-0.25, -0.2) is 9.18 Å². The summed E-state index contributed by atoms with van der Waals surface area (Å²) in [6.07, 6.45) is -0.909. The Balaban J connectivity index is 2.05. The van der Waals surface area contributed by atoms with Crippen molar-refractivity contribution in [3.63, 3.8) is 0 Å². The van der Waals surface area contributed by atoms with Gasteiger partial charge in [0, 0.05) is 5.02 Å². The number of amides is 1. The molecule has 2 aromatic rings. The highest BCUT2D eigenvalue weighted by Gasteiger charge is 2.17. The smallest absolute Gasteiger partial charge is 0.337 e. The highest BCUT2D eigenvalue weighted by Crippen LogP contribution is 2.20. The number of hydrogen-bond acceptors (Lipinski definition) is 4. The van der Waals surface area contributed by atoms with E-state index >= 15 is 0 Å². The number of halogens is 2. The van der Waals surface area contributed by atoms with Crippen molar-refractivity contribution in [2.75, 3.05) is 12.4 Å². The van der Waals surface area contributed by atoms with Crippen molar-refractivity contribution in [3.8, 4) is 5.75 Å². The topological polar surface area (TPSA) is 64.6 Å². The van der Waals surface area contributed by atoms with E-state index in [-0.39, 0.29) is 10.7 Å². The van der Waals surface area contributed by atoms with E-state index in [0.29, 0.717) is 11.3 Å². The van der Waals surface area contributed by atoms with E-state index in [9.17, 15) is 14.0 Å². The van der Waals surface area contributed by atoms with Gasteiger partial charge in [0.2, 0.25) is 0 Å². The first-order chi connectivity index (χ1) is 11.4. The summed E-state index contributed by atoms with van der Waals surface area (Å²) >= 11 is 5.66. The monoisotopic (exact) mass is 351 g/mol. The standard InChI is InChI=1S/C17H15ClFNO4/c1-10(16(21)20-15-7-6-12(18)9-14(15)19)24-13-5-3-4-11(8-13)17(22)23-2/h3-10H,1-2H3,(H,20,21)/t10-/m1/s1. The molecule has 2 aromatic carbocycles. The summed E-state index contributed by atoms with van der Waals surface area (Å²) in [6.45, 7) is 1.51. The minimum absolute atomic E-state index is 0.00293. The fraction of sp³-hybridized carbons (Fsp3) is 0.176. The zero-order valence-electron chi connectivity index (χ0n) is 13.0. The highest BCUT2D eigenvalue weighted by molar-refractivity contribution is 6.30. The maximum Gasteiger partial charge on any atom is 0.337 e. The van der Waals surface area contributed by atoms with Crippen molar-refractivity contribution in [3.05, 3.63) is 58.9 Å². The number of benzene rings is 2. The SMILES string of the molecule is COC(=O)c1cccc(O[C@H](C)C(=O)Nc2ccc(Cl)cc2F)c1. The van der Waals surface area contributed by atoms with Crippen molar-refractivity contribution in [1.82, 2.24) is 0 Å². The molecule has 0 saturated heterocycles. The molecule has 5 nitrogen and oxygen atoms in total. The highest BCUT2D eigenvalue weighted by atomic mass is 35.5. The number of esters is 1. The quantitative estimate of drug-likeness (QED) is 0.835. The van der Waals surface area contributed by atoms with Crippen LogP contribution in [0.5, 0.6) is 5.75 Å². The van der Waals surface area contributed by atoms with E-state index in [1.807, 2.05) is 0 Å². The van der Waals surface area contributed by atoms with E-state index in [2.05, 4.69) is 10.1 Å². The van der Waals surface area contributed by atoms with Crippen molar-refractivity contribution in [2.45, 2.75) is 13.0 Å². The van der Waals surface area contributed by atoms with Crippen molar-refractivity contribution < 1.29 is 23.5 Å². The van der Waals surface area contributed by atoms with Gasteiger partial charge in [-0.3, -0.25) is 4.79 Å². The Morgan fingerprint density at radius 1 is 1.21 bits per heavy atom. The van der Waals surface area contributed by atoms with Crippen LogP contribution in [0.2, 0.25) is 5.02 Å². The summed E-state index contributed by atoms with van der Waals surface area (Å²) in [7, 11) is 1.27. The Bertz CT molecular complexity index is 766. The number of carbonyl (C=O) groups excluding carboxylic acids is 2. The van der Waals surface area contributed by atoms with Gasteiger partial charge in [0.1, 0.15) is 11.6 Å². The van der Waals surface area contributed by atoms with Crippen LogP contribution in [0.4, 0.5) is 10.1 Å². The van der Waals surface area contributed by atoms with Crippen LogP contribution in [0.3, 0.4) is 0 Å². The molecular formula is C17H15ClFNO4. The lowest BCUT2D eigenvalue weighted by Crippen LogP contribution is -2.30. The third-order valence-corrected chi connectivity index (χ3v) is 3.36. The first-order valence-electron chi connectivity index (χ1n) is 7.01. The zero-order valence-corrected chi connectivity index (χ0v) is 13.8. The van der Waals surface area contributed by atoms with E-state index in [1.54, 1.807) is 18.2 Å². The van der Waals surface area contributed by atoms with Crippen LogP contribution >= 0.6 is 11.6 Å². The first kappa shape index (κ1) is 17.7. The van der Waals surface area contributed by atoms with Gasteiger partial charge in [0.15, 0.2) is 6.10 Å². The molecule has 126 valence electrons. The van der Waals surface area contributed by atoms with Gasteiger partial charge in [-0.05, 0) is 43.3 Å². The van der Waals surface area contributed by atoms with Crippen molar-refractivity contribution in [2.24, 2.45) is 0 Å². The number of carbonyl (C=O) groups is 2. The summed E-state index contributed by atoms with van der Waals surface area (Å²) in [5, 5.41) is 2.65. The molecule has 0 spiro atoms. The molecule has 0 heterocycles. The summed E-state index contributed by atoms with van der Waals surface area (Å²) in [5.41, 5.74) is 0.300. The summed E-state index contributed by atoms with van der Waals surface area (Å²) in [6, 6.07) is 10.1. The second-order valence-electron chi connectivity index (χ2n) is 4.89. The van der Waals surface area contributed by atoms with E-state index in [0.717, 1.165) is 6.07 Å². The number of methoxy groups -OCH3 is 1. The molecule has 0 aliphatic rings. The van der Waals surface area contributed by atoms with E-state index in [4.69, 9.17) is 16.3 Å². The number of nitrogens with one attached hydrogen (secondary N) is 1. The van der Waals surface area contributed by atoms with Gasteiger partial charge < -0.3 is 14.8 Å². The van der Waals surface area contributed by atoms with Gasteiger partial charge in [0.25, 0.3) is 5.91 Å². The van der Waals surface area contributed by atoms with Gasteiger partial charge in [-0.15, -0.1) is 0 Å². The number of rotatable bonds is 5. The Labute approximate surface area is 143 Å². The lowest BCUT2D eigenvalue weighted by atomic mass is 10.2. The van der Waals surface area contributed by atoms with Crippen LogP contribution in [0.15, 0.2) is 42.5 Å². The Morgan fingerprint density at radius 3 is 2.62 bits per heavy atom. The number of hydrogen-bond donors (Lipinski definition) is 1. The summed E-state index contributed by atoms with van der Waals surface area (Å²) in [4.78, 5) is 23.6. The lowest BCUT2D eigenvalue weighted by molar-refractivity contribution is -0.122. The first-order valence-corrected chi connectivity index (χ1v) is 7.39. The third kappa shape index (κ3) is 4.45. The molecule has 0 unspecified atom stereocenters. The molecule has 1 atom stereocenters. The predicted molar refractivity (Wildman–Crippen MR) is 87.9 cm³/mol. The van der Waals surface area contributed by atoms with E-state index < -0.39 is 23.8 Å². The van der Waals surface area contributed by atoms with Gasteiger partial charge in [0.05, 0.1) is 18.4 Å². The maximum atomic E-state index is 13.7. The molecule has 0 saturated carbocycles. The van der Waals surface area contributed by atoms with Crippen LogP contribution < -0.4 is 10.1 Å². The lowest BCUT2D eigenvalue weighted by Gasteiger charge is -2.15. The normalized spacial score (nSPS) is 11.5. The number of ether oxygens (including phenoxy) is 2. The Kier molecular flexibility index (Phi) is 5.76. The second kappa shape index (κ2) is 7.79. The molecule has 1 N–H and O–H groups in total. The Morgan fingerprint density at radius 2 is 1.96 bits per heavy atom. The molecule has 0 radical (unpaired) electrons. The van der Waals surface area contributed by atoms with Crippen LogP contribution in [-0.2, 0) is 9.53 Å². The van der Waals surface area contributed by atoms with Crippen molar-refractivity contribution in [1.29, 1.82) is 0 Å². The van der Waals surface area contributed by atoms with Crippen molar-refractivity contribution >= 4 is 29.2 Å². The predicted octanol–water partition coefficient (Wildman–Crippen LogP) is 3.67. The van der Waals surface area contributed by atoms with Crippen LogP contribution in [0, 0.1) is 5.82 Å². The van der Waals surface area contributed by atoms with Gasteiger partial charge >= 0.3 is 5.97 Å². The molecule has 0 bridgehead atoms. The Hall–Kier alpha value is -2.60. The average molecular weight is 352 g/mol. The maximum absolute atomic E-state index is 13.7. The minimum Gasteiger partial charge on any atom is -0.481 e. The molecule has 1 amide bonds. The number of anilines is 1. The molecule has 0 aliphatic carbocycles. The largest absolute Gasteiger partial charge is 0.481 e. The molecule has 2 rings (SSSR count). The second-order valence-corrected chi connectivity index (χ2v) is 5.33. The van der Waals surface area contributed by atoms with Crippen LogP contribution in [0.1, 0.15) is 17.3 Å². The van der Waals surface area contributed by atoms with Crippen LogP contribution in [-0.4, -0.2) is 25.1 Å².